The van der Waals surface area contributed by atoms with Crippen molar-refractivity contribution in [3.63, 3.8) is 0 Å². The van der Waals surface area contributed by atoms with Crippen molar-refractivity contribution >= 4 is 15.7 Å². The van der Waals surface area contributed by atoms with Crippen molar-refractivity contribution in [2.75, 3.05) is 18.4 Å². The first-order chi connectivity index (χ1) is 11.8. The summed E-state index contributed by atoms with van der Waals surface area (Å²) in [5.41, 5.74) is 2.13. The van der Waals surface area contributed by atoms with Gasteiger partial charge in [-0.25, -0.2) is 13.1 Å². The smallest absolute Gasteiger partial charge is 0.216 e. The fraction of sp³-hybridized carbons (Fsp3) is 0.474. The van der Waals surface area contributed by atoms with Crippen LogP contribution in [0.1, 0.15) is 40.0 Å². The molecule has 2 N–H and O–H groups in total. The zero-order valence-corrected chi connectivity index (χ0v) is 16.0. The fourth-order valence-corrected chi connectivity index (χ4v) is 3.12. The Kier molecular flexibility index (Phi) is 6.67. The number of anilines is 1. The Bertz CT molecular complexity index is 730. The molecule has 1 aromatic heterocycles. The summed E-state index contributed by atoms with van der Waals surface area (Å²) >= 11 is 0. The minimum absolute atomic E-state index is 0.497. The van der Waals surface area contributed by atoms with Gasteiger partial charge in [-0.05, 0) is 70.0 Å². The van der Waals surface area contributed by atoms with Crippen LogP contribution in [0.25, 0.3) is 11.3 Å². The molecule has 0 bridgehead atoms. The third-order valence-electron chi connectivity index (χ3n) is 3.97. The molecule has 0 fully saturated rings. The highest BCUT2D eigenvalue weighted by molar-refractivity contribution is 7.90. The van der Waals surface area contributed by atoms with Gasteiger partial charge in [0.25, 0.3) is 0 Å². The van der Waals surface area contributed by atoms with E-state index in [0.29, 0.717) is 6.54 Å². The van der Waals surface area contributed by atoms with Gasteiger partial charge in [-0.2, -0.15) is 0 Å². The van der Waals surface area contributed by atoms with Crippen LogP contribution < -0.4 is 10.0 Å². The maximum Gasteiger partial charge on any atom is 0.216 e. The fourth-order valence-electron chi connectivity index (χ4n) is 2.28. The zero-order valence-electron chi connectivity index (χ0n) is 15.2. The van der Waals surface area contributed by atoms with Gasteiger partial charge in [0.05, 0.1) is 11.0 Å². The summed E-state index contributed by atoms with van der Waals surface area (Å²) in [6, 6.07) is 12.0. The van der Waals surface area contributed by atoms with E-state index in [-0.39, 0.29) is 0 Å². The highest BCUT2D eigenvalue weighted by Gasteiger charge is 2.27. The average Bonchev–Trinajstić information content (AvgIpc) is 3.08. The van der Waals surface area contributed by atoms with Crippen LogP contribution in [0, 0.1) is 0 Å². The van der Waals surface area contributed by atoms with Crippen molar-refractivity contribution in [1.82, 2.24) is 4.72 Å². The molecule has 2 aromatic rings. The molecule has 0 aliphatic carbocycles. The van der Waals surface area contributed by atoms with Crippen molar-refractivity contribution in [3.8, 4) is 11.3 Å². The zero-order chi connectivity index (χ0) is 18.3. The van der Waals surface area contributed by atoms with Crippen molar-refractivity contribution in [3.05, 3.63) is 42.7 Å². The Hall–Kier alpha value is -1.79. The molecule has 2 rings (SSSR count). The SMILES string of the molecule is CC(C)(C)S(=O)(=O)NCCCCCNc1ccc(-c2ccco2)cc1. The van der Waals surface area contributed by atoms with Crippen molar-refractivity contribution in [1.29, 1.82) is 0 Å². The summed E-state index contributed by atoms with van der Waals surface area (Å²) < 4.78 is 31.1. The van der Waals surface area contributed by atoms with Gasteiger partial charge in [0.15, 0.2) is 0 Å². The maximum absolute atomic E-state index is 11.9. The average molecular weight is 365 g/mol. The second-order valence-electron chi connectivity index (χ2n) is 7.05. The van der Waals surface area contributed by atoms with E-state index in [4.69, 9.17) is 4.42 Å². The second-order valence-corrected chi connectivity index (χ2v) is 9.57. The molecule has 0 saturated carbocycles. The molecule has 1 aromatic carbocycles. The quantitative estimate of drug-likeness (QED) is 0.653. The lowest BCUT2D eigenvalue weighted by Crippen LogP contribution is -2.39. The van der Waals surface area contributed by atoms with E-state index in [9.17, 15) is 8.42 Å². The van der Waals surface area contributed by atoms with E-state index in [1.807, 2.05) is 36.4 Å². The Balaban J connectivity index is 1.62. The predicted molar refractivity (Wildman–Crippen MR) is 103 cm³/mol. The van der Waals surface area contributed by atoms with Crippen molar-refractivity contribution in [2.24, 2.45) is 0 Å². The van der Waals surface area contributed by atoms with Crippen LogP contribution in [0.3, 0.4) is 0 Å². The molecule has 6 heteroatoms. The van der Waals surface area contributed by atoms with Gasteiger partial charge in [0.1, 0.15) is 5.76 Å². The molecule has 0 aliphatic heterocycles. The van der Waals surface area contributed by atoms with Gasteiger partial charge >= 0.3 is 0 Å². The number of hydrogen-bond donors (Lipinski definition) is 2. The second kappa shape index (κ2) is 8.54. The Morgan fingerprint density at radius 2 is 1.64 bits per heavy atom. The lowest BCUT2D eigenvalue weighted by atomic mass is 10.1. The van der Waals surface area contributed by atoms with E-state index in [2.05, 4.69) is 10.0 Å². The van der Waals surface area contributed by atoms with Gasteiger partial charge in [-0.15, -0.1) is 0 Å². The molecule has 1 heterocycles. The third kappa shape index (κ3) is 5.90. The molecule has 0 amide bonds. The van der Waals surface area contributed by atoms with Gasteiger partial charge in [-0.1, -0.05) is 6.42 Å². The van der Waals surface area contributed by atoms with Crippen LogP contribution >= 0.6 is 0 Å². The molecule has 5 nitrogen and oxygen atoms in total. The molecular formula is C19H28N2O3S. The number of sulfonamides is 1. The number of hydrogen-bond acceptors (Lipinski definition) is 4. The molecule has 0 aliphatic rings. The van der Waals surface area contributed by atoms with Crippen LogP contribution in [-0.4, -0.2) is 26.3 Å². The number of benzene rings is 1. The lowest BCUT2D eigenvalue weighted by Gasteiger charge is -2.19. The van der Waals surface area contributed by atoms with Gasteiger partial charge in [-0.3, -0.25) is 0 Å². The predicted octanol–water partition coefficient (Wildman–Crippen LogP) is 4.25. The summed E-state index contributed by atoms with van der Waals surface area (Å²) in [5.74, 6) is 0.865. The lowest BCUT2D eigenvalue weighted by molar-refractivity contribution is 0.540. The van der Waals surface area contributed by atoms with E-state index in [1.165, 1.54) is 0 Å². The Labute approximate surface area is 150 Å². The molecule has 0 spiro atoms. The number of nitrogens with one attached hydrogen (secondary N) is 2. The Morgan fingerprint density at radius 1 is 0.960 bits per heavy atom. The van der Waals surface area contributed by atoms with E-state index >= 15 is 0 Å². The highest BCUT2D eigenvalue weighted by Crippen LogP contribution is 2.21. The first-order valence-corrected chi connectivity index (χ1v) is 10.1. The van der Waals surface area contributed by atoms with Crippen molar-refractivity contribution in [2.45, 2.75) is 44.8 Å². The number of furan rings is 1. The molecule has 0 saturated heterocycles. The summed E-state index contributed by atoms with van der Waals surface area (Å²) in [4.78, 5) is 0. The highest BCUT2D eigenvalue weighted by atomic mass is 32.2. The van der Waals surface area contributed by atoms with Gasteiger partial charge in [0, 0.05) is 24.3 Å². The largest absolute Gasteiger partial charge is 0.464 e. The summed E-state index contributed by atoms with van der Waals surface area (Å²) in [5, 5.41) is 3.38. The number of rotatable bonds is 9. The molecule has 138 valence electrons. The van der Waals surface area contributed by atoms with Crippen LogP contribution in [0.4, 0.5) is 5.69 Å². The van der Waals surface area contributed by atoms with Crippen LogP contribution in [0.15, 0.2) is 47.1 Å². The first-order valence-electron chi connectivity index (χ1n) is 8.67. The summed E-state index contributed by atoms with van der Waals surface area (Å²) in [6.07, 6.45) is 4.48. The number of unbranched alkanes of at least 4 members (excludes halogenated alkanes) is 2. The minimum atomic E-state index is -3.23. The van der Waals surface area contributed by atoms with Crippen LogP contribution in [0.5, 0.6) is 0 Å². The van der Waals surface area contributed by atoms with Crippen molar-refractivity contribution < 1.29 is 12.8 Å². The molecule has 0 radical (unpaired) electrons. The van der Waals surface area contributed by atoms with Crippen LogP contribution in [0.2, 0.25) is 0 Å². The van der Waals surface area contributed by atoms with Gasteiger partial charge < -0.3 is 9.73 Å². The standard InChI is InChI=1S/C19H28N2O3S/c1-19(2,3)25(22,23)21-14-6-4-5-13-20-17-11-9-16(10-12-17)18-8-7-15-24-18/h7-12,15,20-21H,4-6,13-14H2,1-3H3. The van der Waals surface area contributed by atoms with Crippen LogP contribution in [-0.2, 0) is 10.0 Å². The maximum atomic E-state index is 11.9. The first kappa shape index (κ1) is 19.5. The summed E-state index contributed by atoms with van der Waals surface area (Å²) in [6.45, 7) is 6.48. The van der Waals surface area contributed by atoms with Gasteiger partial charge in [0.2, 0.25) is 10.0 Å². The molecule has 25 heavy (non-hydrogen) atoms. The van der Waals surface area contributed by atoms with E-state index in [0.717, 1.165) is 42.8 Å². The molecular weight excluding hydrogens is 336 g/mol. The third-order valence-corrected chi connectivity index (χ3v) is 6.17. The minimum Gasteiger partial charge on any atom is -0.464 e. The molecule has 0 atom stereocenters. The Morgan fingerprint density at radius 3 is 2.24 bits per heavy atom. The normalized spacial score (nSPS) is 12.3. The van der Waals surface area contributed by atoms with E-state index < -0.39 is 14.8 Å². The summed E-state index contributed by atoms with van der Waals surface area (Å²) in [7, 11) is -3.23. The topological polar surface area (TPSA) is 71.3 Å². The molecule has 0 unspecified atom stereocenters. The van der Waals surface area contributed by atoms with E-state index in [1.54, 1.807) is 27.0 Å². The monoisotopic (exact) mass is 364 g/mol.